The summed E-state index contributed by atoms with van der Waals surface area (Å²) in [6.07, 6.45) is 7.35. The summed E-state index contributed by atoms with van der Waals surface area (Å²) in [4.78, 5) is 8.60. The van der Waals surface area contributed by atoms with Crippen LogP contribution < -0.4 is 9.47 Å². The van der Waals surface area contributed by atoms with Crippen LogP contribution in [0.25, 0.3) is 28.0 Å². The zero-order valence-electron chi connectivity index (χ0n) is 16.5. The molecule has 0 saturated carbocycles. The Morgan fingerprint density at radius 3 is 2.87 bits per heavy atom. The van der Waals surface area contributed by atoms with Crippen molar-refractivity contribution in [3.63, 3.8) is 0 Å². The molecule has 6 rings (SSSR count). The summed E-state index contributed by atoms with van der Waals surface area (Å²) in [5, 5.41) is 9.01. The average molecular weight is 410 g/mol. The highest BCUT2D eigenvalue weighted by Gasteiger charge is 2.22. The molecule has 0 N–H and O–H groups in total. The highest BCUT2D eigenvalue weighted by atomic mass is 16.5. The molecule has 4 aromatic heterocycles. The molecule has 1 aromatic carbocycles. The SMILES string of the molecule is c1ccn2nc(COc3ccc4c(c3)OCCn3ncc(-c5ccncc5)c3-4)nc2c1. The summed E-state index contributed by atoms with van der Waals surface area (Å²) in [6.45, 7) is 1.49. The molecule has 0 bridgehead atoms. The van der Waals surface area contributed by atoms with Crippen LogP contribution in [0.1, 0.15) is 5.82 Å². The summed E-state index contributed by atoms with van der Waals surface area (Å²) in [5.41, 5.74) is 4.94. The van der Waals surface area contributed by atoms with Crippen LogP contribution in [0, 0.1) is 0 Å². The number of hydrogen-bond acceptors (Lipinski definition) is 6. The summed E-state index contributed by atoms with van der Waals surface area (Å²) in [6, 6.07) is 15.6. The van der Waals surface area contributed by atoms with Gasteiger partial charge in [-0.3, -0.25) is 9.67 Å². The molecule has 1 aliphatic rings. The first-order chi connectivity index (χ1) is 15.3. The minimum absolute atomic E-state index is 0.278. The Hall–Kier alpha value is -4.20. The van der Waals surface area contributed by atoms with E-state index in [9.17, 15) is 0 Å². The zero-order valence-corrected chi connectivity index (χ0v) is 16.5. The van der Waals surface area contributed by atoms with Gasteiger partial charge in [-0.05, 0) is 42.0 Å². The fraction of sp³-hybridized carbons (Fsp3) is 0.130. The van der Waals surface area contributed by atoms with Crippen molar-refractivity contribution in [2.45, 2.75) is 13.2 Å². The quantitative estimate of drug-likeness (QED) is 0.450. The maximum atomic E-state index is 6.03. The Morgan fingerprint density at radius 1 is 1.03 bits per heavy atom. The van der Waals surface area contributed by atoms with Crippen LogP contribution in [-0.4, -0.2) is 36.0 Å². The Labute approximate surface area is 177 Å². The summed E-state index contributed by atoms with van der Waals surface area (Å²) in [7, 11) is 0. The Kier molecular flexibility index (Phi) is 4.12. The lowest BCUT2D eigenvalue weighted by Crippen LogP contribution is -2.06. The van der Waals surface area contributed by atoms with Gasteiger partial charge in [0.15, 0.2) is 11.5 Å². The monoisotopic (exact) mass is 410 g/mol. The van der Waals surface area contributed by atoms with Crippen LogP contribution >= 0.6 is 0 Å². The van der Waals surface area contributed by atoms with Crippen LogP contribution in [0.4, 0.5) is 0 Å². The van der Waals surface area contributed by atoms with E-state index in [1.54, 1.807) is 16.9 Å². The van der Waals surface area contributed by atoms with Gasteiger partial charge in [0.2, 0.25) is 0 Å². The van der Waals surface area contributed by atoms with Gasteiger partial charge in [-0.15, -0.1) is 5.10 Å². The van der Waals surface area contributed by atoms with Gasteiger partial charge in [0, 0.05) is 35.8 Å². The van der Waals surface area contributed by atoms with Crippen molar-refractivity contribution in [1.82, 2.24) is 29.4 Å². The second-order valence-electron chi connectivity index (χ2n) is 7.19. The minimum Gasteiger partial charge on any atom is -0.491 e. The van der Waals surface area contributed by atoms with Crippen molar-refractivity contribution in [1.29, 1.82) is 0 Å². The number of hydrogen-bond donors (Lipinski definition) is 0. The van der Waals surface area contributed by atoms with Crippen LogP contribution in [-0.2, 0) is 13.2 Å². The number of rotatable bonds is 4. The Morgan fingerprint density at radius 2 is 1.97 bits per heavy atom. The molecule has 0 saturated heterocycles. The Bertz CT molecular complexity index is 1340. The second-order valence-corrected chi connectivity index (χ2v) is 7.19. The van der Waals surface area contributed by atoms with Crippen LogP contribution in [0.3, 0.4) is 0 Å². The van der Waals surface area contributed by atoms with Gasteiger partial charge >= 0.3 is 0 Å². The molecule has 0 aliphatic carbocycles. The standard InChI is InChI=1S/C23H18N6O2/c1-2-10-28-22(3-1)26-21(27-28)15-31-17-4-5-18-20(13-17)30-12-11-29-23(18)19(14-25-29)16-6-8-24-9-7-16/h1-10,13-14H,11-12,15H2. The van der Waals surface area contributed by atoms with E-state index in [1.165, 1.54) is 0 Å². The number of aromatic nitrogens is 6. The second kappa shape index (κ2) is 7.24. The number of nitrogens with zero attached hydrogens (tertiary/aromatic N) is 6. The molecule has 0 amide bonds. The highest BCUT2D eigenvalue weighted by Crippen LogP contribution is 2.40. The largest absolute Gasteiger partial charge is 0.491 e. The first-order valence-electron chi connectivity index (χ1n) is 10.0. The maximum absolute atomic E-state index is 6.03. The van der Waals surface area contributed by atoms with E-state index >= 15 is 0 Å². The molecule has 0 unspecified atom stereocenters. The van der Waals surface area contributed by atoms with Crippen molar-refractivity contribution in [3.05, 3.63) is 79.1 Å². The average Bonchev–Trinajstić information content (AvgIpc) is 3.38. The summed E-state index contributed by atoms with van der Waals surface area (Å²) < 4.78 is 15.7. The van der Waals surface area contributed by atoms with E-state index in [0.717, 1.165) is 33.8 Å². The molecule has 152 valence electrons. The molecule has 8 heteroatoms. The highest BCUT2D eigenvalue weighted by molar-refractivity contribution is 5.84. The Balaban J connectivity index is 1.31. The van der Waals surface area contributed by atoms with Crippen molar-refractivity contribution in [2.75, 3.05) is 6.61 Å². The summed E-state index contributed by atoms with van der Waals surface area (Å²) in [5.74, 6) is 2.10. The van der Waals surface area contributed by atoms with E-state index in [4.69, 9.17) is 9.47 Å². The molecule has 0 atom stereocenters. The maximum Gasteiger partial charge on any atom is 0.189 e. The lowest BCUT2D eigenvalue weighted by molar-refractivity contribution is 0.284. The fourth-order valence-electron chi connectivity index (χ4n) is 3.82. The van der Waals surface area contributed by atoms with E-state index in [0.29, 0.717) is 24.7 Å². The van der Waals surface area contributed by atoms with Gasteiger partial charge in [-0.1, -0.05) is 6.07 Å². The predicted molar refractivity (Wildman–Crippen MR) is 114 cm³/mol. The minimum atomic E-state index is 0.278. The smallest absolute Gasteiger partial charge is 0.189 e. The summed E-state index contributed by atoms with van der Waals surface area (Å²) >= 11 is 0. The van der Waals surface area contributed by atoms with Crippen molar-refractivity contribution in [3.8, 4) is 33.9 Å². The van der Waals surface area contributed by atoms with Gasteiger partial charge in [-0.2, -0.15) is 5.10 Å². The zero-order chi connectivity index (χ0) is 20.6. The van der Waals surface area contributed by atoms with Crippen molar-refractivity contribution in [2.24, 2.45) is 0 Å². The van der Waals surface area contributed by atoms with Gasteiger partial charge in [0.25, 0.3) is 0 Å². The van der Waals surface area contributed by atoms with Crippen molar-refractivity contribution >= 4 is 5.65 Å². The molecule has 5 aromatic rings. The molecular formula is C23H18N6O2. The molecule has 5 heterocycles. The van der Waals surface area contributed by atoms with E-state index < -0.39 is 0 Å². The lowest BCUT2D eigenvalue weighted by atomic mass is 10.0. The van der Waals surface area contributed by atoms with Crippen molar-refractivity contribution < 1.29 is 9.47 Å². The first kappa shape index (κ1) is 17.6. The number of fused-ring (bicyclic) bond motifs is 4. The molecule has 8 nitrogen and oxygen atoms in total. The lowest BCUT2D eigenvalue weighted by Gasteiger charge is -2.11. The molecule has 1 aliphatic heterocycles. The predicted octanol–water partition coefficient (Wildman–Crippen LogP) is 3.63. The van der Waals surface area contributed by atoms with Gasteiger partial charge in [-0.25, -0.2) is 9.50 Å². The third kappa shape index (κ3) is 3.18. The molecule has 0 spiro atoms. The van der Waals surface area contributed by atoms with Gasteiger partial charge < -0.3 is 9.47 Å². The van der Waals surface area contributed by atoms with Gasteiger partial charge in [0.1, 0.15) is 24.7 Å². The third-order valence-corrected chi connectivity index (χ3v) is 5.25. The number of ether oxygens (including phenoxy) is 2. The first-order valence-corrected chi connectivity index (χ1v) is 10.0. The van der Waals surface area contributed by atoms with Crippen LogP contribution in [0.2, 0.25) is 0 Å². The molecule has 0 fully saturated rings. The third-order valence-electron chi connectivity index (χ3n) is 5.25. The normalized spacial score (nSPS) is 12.6. The van der Waals surface area contributed by atoms with Crippen LogP contribution in [0.15, 0.2) is 73.3 Å². The van der Waals surface area contributed by atoms with Gasteiger partial charge in [0.05, 0.1) is 18.4 Å². The van der Waals surface area contributed by atoms with E-state index in [1.807, 2.05) is 65.6 Å². The molecule has 0 radical (unpaired) electrons. The number of benzene rings is 1. The molecule has 31 heavy (non-hydrogen) atoms. The van der Waals surface area contributed by atoms with Crippen LogP contribution in [0.5, 0.6) is 11.5 Å². The number of pyridine rings is 2. The van der Waals surface area contributed by atoms with E-state index in [-0.39, 0.29) is 6.61 Å². The van der Waals surface area contributed by atoms with E-state index in [2.05, 4.69) is 20.2 Å². The topological polar surface area (TPSA) is 79.4 Å². The fourth-order valence-corrected chi connectivity index (χ4v) is 3.82. The molecular weight excluding hydrogens is 392 g/mol.